The number of aliphatic carboxylic acids is 1. The number of hydrogen-bond donors (Lipinski definition) is 2. The fourth-order valence-corrected chi connectivity index (χ4v) is 5.06. The second-order valence-corrected chi connectivity index (χ2v) is 9.60. The zero-order chi connectivity index (χ0) is 24.2. The number of hydrogen-bond acceptors (Lipinski definition) is 4. The first kappa shape index (κ1) is 23.8. The van der Waals surface area contributed by atoms with Gasteiger partial charge in [0, 0.05) is 22.7 Å². The molecule has 4 rings (SSSR count). The second-order valence-electron chi connectivity index (χ2n) is 8.11. The molecule has 0 spiro atoms. The van der Waals surface area contributed by atoms with Crippen molar-refractivity contribution in [3.63, 3.8) is 0 Å². The van der Waals surface area contributed by atoms with Crippen molar-refractivity contribution in [1.29, 1.82) is 0 Å². The molecule has 0 radical (unpaired) electrons. The predicted octanol–water partition coefficient (Wildman–Crippen LogP) is 6.91. The van der Waals surface area contributed by atoms with Crippen LogP contribution in [0.3, 0.4) is 0 Å². The summed E-state index contributed by atoms with van der Waals surface area (Å²) < 4.78 is 7.04. The van der Waals surface area contributed by atoms with Gasteiger partial charge < -0.3 is 15.2 Å². The number of carbonyl (C=O) groups excluding carboxylic acids is 1. The Kier molecular flexibility index (Phi) is 7.20. The van der Waals surface area contributed by atoms with E-state index in [4.69, 9.17) is 21.4 Å². The Bertz CT molecular complexity index is 1380. The molecule has 2 N–H and O–H groups in total. The normalized spacial score (nSPS) is 10.9. The third kappa shape index (κ3) is 5.58. The summed E-state index contributed by atoms with van der Waals surface area (Å²) in [6.45, 7) is 4.25. The van der Waals surface area contributed by atoms with Gasteiger partial charge in [0.1, 0.15) is 11.5 Å². The molecule has 3 aromatic carbocycles. The van der Waals surface area contributed by atoms with E-state index in [1.807, 2.05) is 74.5 Å². The Morgan fingerprint density at radius 3 is 2.59 bits per heavy atom. The standard InChI is InChI=1S/C27H24ClNO4S/c1-16-12-22(9-6-19(16)7-11-25(30)31)33-21-5-3-4-18(13-21)15-29-27(32)26-17(2)23-14-20(28)8-10-24(23)34-26/h3-6,8-10,12-14H,7,11,15H2,1-2H3,(H,29,32)(H,30,31). The lowest BCUT2D eigenvalue weighted by molar-refractivity contribution is -0.136. The third-order valence-corrected chi connectivity index (χ3v) is 7.12. The number of amides is 1. The summed E-state index contributed by atoms with van der Waals surface area (Å²) in [4.78, 5) is 24.3. The average molecular weight is 494 g/mol. The second kappa shape index (κ2) is 10.3. The molecule has 1 aromatic heterocycles. The highest BCUT2D eigenvalue weighted by atomic mass is 35.5. The summed E-state index contributed by atoms with van der Waals surface area (Å²) in [6, 6.07) is 18.9. The van der Waals surface area contributed by atoms with Crippen molar-refractivity contribution < 1.29 is 19.4 Å². The van der Waals surface area contributed by atoms with Gasteiger partial charge in [-0.2, -0.15) is 0 Å². The van der Waals surface area contributed by atoms with E-state index >= 15 is 0 Å². The number of nitrogens with one attached hydrogen (secondary N) is 1. The number of rotatable bonds is 8. The molecule has 0 fully saturated rings. The highest BCUT2D eigenvalue weighted by Gasteiger charge is 2.15. The number of halogens is 1. The van der Waals surface area contributed by atoms with Crippen LogP contribution in [0.1, 0.15) is 38.3 Å². The van der Waals surface area contributed by atoms with Crippen LogP contribution in [0.5, 0.6) is 11.5 Å². The van der Waals surface area contributed by atoms with Gasteiger partial charge >= 0.3 is 5.97 Å². The first-order valence-electron chi connectivity index (χ1n) is 10.8. The minimum atomic E-state index is -0.810. The molecular weight excluding hydrogens is 470 g/mol. The molecule has 0 saturated heterocycles. The smallest absolute Gasteiger partial charge is 0.303 e. The van der Waals surface area contributed by atoms with Gasteiger partial charge in [-0.1, -0.05) is 29.8 Å². The molecule has 174 valence electrons. The summed E-state index contributed by atoms with van der Waals surface area (Å²) in [5, 5.41) is 13.5. The Balaban J connectivity index is 1.41. The predicted molar refractivity (Wildman–Crippen MR) is 136 cm³/mol. The van der Waals surface area contributed by atoms with Crippen molar-refractivity contribution in [3.8, 4) is 11.5 Å². The highest BCUT2D eigenvalue weighted by Crippen LogP contribution is 2.32. The van der Waals surface area contributed by atoms with Gasteiger partial charge in [0.2, 0.25) is 0 Å². The first-order valence-corrected chi connectivity index (χ1v) is 12.0. The zero-order valence-electron chi connectivity index (χ0n) is 18.9. The molecule has 34 heavy (non-hydrogen) atoms. The Morgan fingerprint density at radius 2 is 1.82 bits per heavy atom. The van der Waals surface area contributed by atoms with Crippen molar-refractivity contribution in [2.45, 2.75) is 33.2 Å². The number of carboxylic acids is 1. The molecule has 0 aliphatic carbocycles. The first-order chi connectivity index (χ1) is 16.3. The number of carboxylic acid groups (broad SMARTS) is 1. The van der Waals surface area contributed by atoms with Crippen LogP contribution in [0.4, 0.5) is 0 Å². The molecule has 0 atom stereocenters. The monoisotopic (exact) mass is 493 g/mol. The lowest BCUT2D eigenvalue weighted by atomic mass is 10.0. The van der Waals surface area contributed by atoms with E-state index in [0.717, 1.165) is 32.3 Å². The number of ether oxygens (including phenoxy) is 1. The summed E-state index contributed by atoms with van der Waals surface area (Å²) in [6.07, 6.45) is 0.590. The SMILES string of the molecule is Cc1cc(Oc2cccc(CNC(=O)c3sc4ccc(Cl)cc4c3C)c2)ccc1CCC(=O)O. The molecule has 0 unspecified atom stereocenters. The lowest BCUT2D eigenvalue weighted by Gasteiger charge is -2.11. The zero-order valence-corrected chi connectivity index (χ0v) is 20.4. The van der Waals surface area contributed by atoms with Gasteiger partial charge in [-0.15, -0.1) is 11.3 Å². The summed E-state index contributed by atoms with van der Waals surface area (Å²) in [7, 11) is 0. The molecule has 5 nitrogen and oxygen atoms in total. The van der Waals surface area contributed by atoms with E-state index < -0.39 is 5.97 Å². The molecule has 0 saturated carbocycles. The van der Waals surface area contributed by atoms with Crippen LogP contribution in [-0.2, 0) is 17.8 Å². The molecule has 1 heterocycles. The molecule has 1 amide bonds. The number of fused-ring (bicyclic) bond motifs is 1. The van der Waals surface area contributed by atoms with E-state index in [9.17, 15) is 9.59 Å². The molecule has 0 aliphatic rings. The number of benzene rings is 3. The molecule has 7 heteroatoms. The van der Waals surface area contributed by atoms with Crippen LogP contribution < -0.4 is 10.1 Å². The summed E-state index contributed by atoms with van der Waals surface area (Å²) in [5.74, 6) is 0.415. The molecular formula is C27H24ClNO4S. The van der Waals surface area contributed by atoms with Crippen molar-refractivity contribution >= 4 is 44.9 Å². The van der Waals surface area contributed by atoms with Crippen LogP contribution in [-0.4, -0.2) is 17.0 Å². The van der Waals surface area contributed by atoms with E-state index in [2.05, 4.69) is 5.32 Å². The quantitative estimate of drug-likeness (QED) is 0.279. The van der Waals surface area contributed by atoms with Crippen LogP contribution >= 0.6 is 22.9 Å². The van der Waals surface area contributed by atoms with Crippen LogP contribution in [0, 0.1) is 13.8 Å². The molecule has 0 bridgehead atoms. The van der Waals surface area contributed by atoms with Gasteiger partial charge in [-0.05, 0) is 90.4 Å². The Hall–Kier alpha value is -3.35. The number of carbonyl (C=O) groups is 2. The Labute approximate surface area is 207 Å². The van der Waals surface area contributed by atoms with E-state index in [-0.39, 0.29) is 12.3 Å². The number of thiophene rings is 1. The van der Waals surface area contributed by atoms with Crippen LogP contribution in [0.2, 0.25) is 5.02 Å². The van der Waals surface area contributed by atoms with E-state index in [1.165, 1.54) is 11.3 Å². The van der Waals surface area contributed by atoms with Gasteiger partial charge in [0.05, 0.1) is 4.88 Å². The van der Waals surface area contributed by atoms with Crippen molar-refractivity contribution in [1.82, 2.24) is 5.32 Å². The van der Waals surface area contributed by atoms with Gasteiger partial charge in [0.25, 0.3) is 5.91 Å². The fourth-order valence-electron chi connectivity index (χ4n) is 3.78. The van der Waals surface area contributed by atoms with Crippen LogP contribution in [0.15, 0.2) is 60.7 Å². The van der Waals surface area contributed by atoms with Crippen molar-refractivity contribution in [2.75, 3.05) is 0 Å². The highest BCUT2D eigenvalue weighted by molar-refractivity contribution is 7.21. The third-order valence-electron chi connectivity index (χ3n) is 5.61. The van der Waals surface area contributed by atoms with Gasteiger partial charge in [-0.25, -0.2) is 0 Å². The van der Waals surface area contributed by atoms with Crippen molar-refractivity contribution in [3.05, 3.63) is 92.8 Å². The maximum Gasteiger partial charge on any atom is 0.303 e. The van der Waals surface area contributed by atoms with Crippen LogP contribution in [0.25, 0.3) is 10.1 Å². The van der Waals surface area contributed by atoms with E-state index in [1.54, 1.807) is 0 Å². The fraction of sp³-hybridized carbons (Fsp3) is 0.185. The van der Waals surface area contributed by atoms with Gasteiger partial charge in [-0.3, -0.25) is 9.59 Å². The number of aryl methyl sites for hydroxylation is 3. The van der Waals surface area contributed by atoms with E-state index in [0.29, 0.717) is 34.4 Å². The summed E-state index contributed by atoms with van der Waals surface area (Å²) >= 11 is 7.57. The summed E-state index contributed by atoms with van der Waals surface area (Å²) in [5.41, 5.74) is 3.83. The molecule has 4 aromatic rings. The lowest BCUT2D eigenvalue weighted by Crippen LogP contribution is -2.22. The van der Waals surface area contributed by atoms with Gasteiger partial charge in [0.15, 0.2) is 0 Å². The largest absolute Gasteiger partial charge is 0.481 e. The minimum absolute atomic E-state index is 0.101. The topological polar surface area (TPSA) is 75.6 Å². The maximum absolute atomic E-state index is 12.8. The van der Waals surface area contributed by atoms with Crippen molar-refractivity contribution in [2.24, 2.45) is 0 Å². The molecule has 0 aliphatic heterocycles. The maximum atomic E-state index is 12.8. The minimum Gasteiger partial charge on any atom is -0.481 e. The average Bonchev–Trinajstić information content (AvgIpc) is 3.13. The Morgan fingerprint density at radius 1 is 1.03 bits per heavy atom.